The molecule has 0 saturated carbocycles. The van der Waals surface area contributed by atoms with Crippen LogP contribution in [-0.2, 0) is 107 Å². The maximum atomic E-state index is 14.3. The van der Waals surface area contributed by atoms with Crippen LogP contribution < -0.4 is 80.5 Å². The summed E-state index contributed by atoms with van der Waals surface area (Å²) in [6.45, 7) is 9.43. The third kappa shape index (κ3) is 22.6. The molecule has 748 valence electrons. The summed E-state index contributed by atoms with van der Waals surface area (Å²) in [5.74, 6) is -4.36. The Labute approximate surface area is 824 Å². The van der Waals surface area contributed by atoms with Crippen molar-refractivity contribution in [2.24, 2.45) is 62.3 Å². The molecule has 0 bridgehead atoms. The molecular formula is C88H73Cl4F11N16O19S4. The number of alkyl halides is 9. The van der Waals surface area contributed by atoms with Gasteiger partial charge in [0.15, 0.2) is 44.5 Å². The van der Waals surface area contributed by atoms with Gasteiger partial charge in [-0.05, 0) is 94.3 Å². The highest BCUT2D eigenvalue weighted by Gasteiger charge is 2.38. The van der Waals surface area contributed by atoms with Gasteiger partial charge in [0.25, 0.3) is 22.2 Å². The number of nitrogens with one attached hydrogen (secondary N) is 4. The number of fused-ring (bicyclic) bond motifs is 4. The summed E-state index contributed by atoms with van der Waals surface area (Å²) in [4.78, 5) is 167. The first-order valence-corrected chi connectivity index (χ1v) is 46.0. The zero-order valence-corrected chi connectivity index (χ0v) is 82.1. The summed E-state index contributed by atoms with van der Waals surface area (Å²) in [6, 6.07) is 12.5. The van der Waals surface area contributed by atoms with Crippen LogP contribution in [0.2, 0.25) is 20.1 Å². The van der Waals surface area contributed by atoms with Crippen molar-refractivity contribution >= 4 is 180 Å². The molecule has 35 nitrogen and oxygen atoms in total. The number of benzene rings is 4. The van der Waals surface area contributed by atoms with Gasteiger partial charge in [0.1, 0.15) is 56.1 Å². The summed E-state index contributed by atoms with van der Waals surface area (Å²) < 4.78 is 186. The Morgan fingerprint density at radius 2 is 0.704 bits per heavy atom. The molecule has 16 rings (SSSR count). The molecule has 12 aromatic heterocycles. The van der Waals surface area contributed by atoms with Crippen molar-refractivity contribution in [2.75, 3.05) is 34.5 Å². The predicted molar refractivity (Wildman–Crippen MR) is 509 cm³/mol. The molecule has 0 unspecified atom stereocenters. The molecule has 0 aliphatic rings. The Hall–Kier alpha value is -14.1. The summed E-state index contributed by atoms with van der Waals surface area (Å²) in [7, 11) is 11.2. The highest BCUT2D eigenvalue weighted by molar-refractivity contribution is 7.15. The van der Waals surface area contributed by atoms with E-state index in [1.54, 1.807) is 49.0 Å². The maximum Gasteiger partial charge on any atom is 0.573 e. The fraction of sp³-hybridized carbons (Fsp3) is 0.273. The Kier molecular flexibility index (Phi) is 30.9. The van der Waals surface area contributed by atoms with Gasteiger partial charge in [-0.15, -0.1) is 58.5 Å². The normalized spacial score (nSPS) is 11.7. The van der Waals surface area contributed by atoms with E-state index in [0.717, 1.165) is 69.0 Å². The van der Waals surface area contributed by atoms with Crippen molar-refractivity contribution in [3.8, 4) is 62.3 Å². The monoisotopic (exact) mass is 2130 g/mol. The number of nitrogens with zero attached hydrogens (tertiary/aromatic N) is 12. The third-order valence-corrected chi connectivity index (χ3v) is 25.5. The lowest BCUT2D eigenvalue weighted by molar-refractivity contribution is -0.274. The SMILES string of the molecule is Cc1oc2c(c1CC(=O)Nc1nc(-c3cc(Cl)c(OCC(C)C)c(Cl)c3)cs1)c(=O)n(C)c(=O)n2C.Cc1oc2c(c1CC(=O)Nc1nc(-c3ccc(C(F)(F)F)c(F)c3F)cs1)c(=O)n(C)c(=O)n2C.Cc1oc2c(c1CC(=O)Nc1nc(-c3ccc(OC(F)(F)F)c(Cl)c3)cs1)c(=O)n(C)c(=O)n2C.Cc1oc2c(c1CC(=O)Nc1nc(-c3ccc(OCC(F)(F)F)c(Cl)c3)cs1)c(=O)n(C)c(=O)n2C. The van der Waals surface area contributed by atoms with Crippen molar-refractivity contribution in [3.05, 3.63) is 248 Å². The second-order valence-corrected chi connectivity index (χ2v) is 36.7. The Morgan fingerprint density at radius 1 is 0.401 bits per heavy atom. The van der Waals surface area contributed by atoms with E-state index in [1.807, 2.05) is 13.8 Å². The van der Waals surface area contributed by atoms with Crippen molar-refractivity contribution < 1.29 is 99.4 Å². The summed E-state index contributed by atoms with van der Waals surface area (Å²) >= 11 is 29.0. The molecular weight excluding hydrogens is 2060 g/mol. The number of hydrogen-bond acceptors (Lipinski definition) is 27. The molecule has 0 atom stereocenters. The van der Waals surface area contributed by atoms with E-state index in [0.29, 0.717) is 107 Å². The minimum Gasteiger partial charge on any atom is -0.490 e. The number of carbonyl (C=O) groups excluding carboxylic acids is 4. The van der Waals surface area contributed by atoms with Crippen LogP contribution in [-0.4, -0.2) is 106 Å². The average molecular weight is 2140 g/mol. The van der Waals surface area contributed by atoms with Crippen molar-refractivity contribution in [1.82, 2.24) is 56.5 Å². The number of rotatable bonds is 22. The Balaban J connectivity index is 0.000000159. The summed E-state index contributed by atoms with van der Waals surface area (Å²) in [5, 5.41) is 18.6. The third-order valence-electron chi connectivity index (χ3n) is 21.3. The van der Waals surface area contributed by atoms with E-state index in [4.69, 9.17) is 68.8 Å². The molecule has 142 heavy (non-hydrogen) atoms. The fourth-order valence-electron chi connectivity index (χ4n) is 14.2. The Morgan fingerprint density at radius 3 is 1.01 bits per heavy atom. The van der Waals surface area contributed by atoms with Gasteiger partial charge in [0, 0.05) is 122 Å². The molecule has 0 aliphatic heterocycles. The topological polar surface area (TPSA) is 424 Å². The number of aryl methyl sites for hydroxylation is 8. The molecule has 54 heteroatoms. The molecule has 4 N–H and O–H groups in total. The van der Waals surface area contributed by atoms with Gasteiger partial charge in [-0.25, -0.2) is 47.9 Å². The van der Waals surface area contributed by atoms with Crippen LogP contribution >= 0.6 is 91.8 Å². The second-order valence-electron chi connectivity index (χ2n) is 31.6. The number of carbonyl (C=O) groups is 4. The maximum absolute atomic E-state index is 14.3. The van der Waals surface area contributed by atoms with E-state index in [2.05, 4.69) is 50.7 Å². The van der Waals surface area contributed by atoms with Crippen LogP contribution in [0.15, 0.2) is 138 Å². The van der Waals surface area contributed by atoms with Crippen LogP contribution in [0.3, 0.4) is 0 Å². The van der Waals surface area contributed by atoms with Gasteiger partial charge in [0.2, 0.25) is 46.5 Å². The molecule has 0 radical (unpaired) electrons. The number of anilines is 4. The highest BCUT2D eigenvalue weighted by Crippen LogP contribution is 2.43. The minimum absolute atomic E-state index is 0.00902. The zero-order valence-electron chi connectivity index (χ0n) is 75.8. The van der Waals surface area contributed by atoms with Crippen LogP contribution in [0.1, 0.15) is 64.7 Å². The van der Waals surface area contributed by atoms with Gasteiger partial charge in [0.05, 0.1) is 80.7 Å². The quantitative estimate of drug-likeness (QED) is 0.0458. The number of hydrogen-bond donors (Lipinski definition) is 4. The predicted octanol–water partition coefficient (Wildman–Crippen LogP) is 16.6. The molecule has 4 amide bonds. The van der Waals surface area contributed by atoms with Gasteiger partial charge in [-0.3, -0.25) is 74.9 Å². The molecule has 4 aromatic carbocycles. The van der Waals surface area contributed by atoms with Gasteiger partial charge >= 0.3 is 41.5 Å². The Bertz CT molecular complexity index is 8280. The average Bonchev–Trinajstić information content (AvgIpc) is 1.61. The zero-order chi connectivity index (χ0) is 104. The van der Waals surface area contributed by atoms with Gasteiger partial charge in [-0.2, -0.15) is 26.3 Å². The molecule has 0 aliphatic carbocycles. The summed E-state index contributed by atoms with van der Waals surface area (Å²) in [6.07, 6.45) is -15.3. The second kappa shape index (κ2) is 41.6. The van der Waals surface area contributed by atoms with Crippen molar-refractivity contribution in [2.45, 2.75) is 85.9 Å². The van der Waals surface area contributed by atoms with Crippen molar-refractivity contribution in [1.29, 1.82) is 0 Å². The molecule has 16 aromatic rings. The number of furan rings is 4. The fourth-order valence-corrected chi connectivity index (χ4v) is 18.2. The van der Waals surface area contributed by atoms with E-state index < -0.39 is 117 Å². The highest BCUT2D eigenvalue weighted by atomic mass is 35.5. The first-order chi connectivity index (χ1) is 66.5. The van der Waals surface area contributed by atoms with E-state index in [9.17, 15) is 106 Å². The molecule has 12 heterocycles. The smallest absolute Gasteiger partial charge is 0.490 e. The standard InChI is InChI=1S/C24H24Cl2N4O5S.C22H18ClF3N4O5S.C21H16ClF3N4O5S.C21H15F5N4O4S/c1-11(2)9-34-20-15(25)6-13(7-16(20)26)17-10-36-23(27-17)28-18(31)8-14-12(3)35-22-19(14)21(32)29(4)24(33)30(22)5;1-10-12(17-18(32)29(2)21(33)30(3)19(17)35-10)7-16(31)28-20-27-14(8-36-20)11-4-5-15(13(23)6-11)34-9-22(24,25)26;1-9-11(16-17(31)28(2)20(32)29(3)18(16)33-9)7-15(30)27-19-26-13(8-35-19)10-4-5-14(12(22)6-10)34-21(23,24)25;1-8-10(14-17(32)29(2)20(33)30(3)18(14)34-8)6-13(31)28-19-27-12(7-35-19)9-4-5-11(21(24,25)26)16(23)15(9)22/h6-7,10-11H,8-9H2,1-5H3,(H,27,28,31);4-6,8H,7,9H2,1-3H3,(H,27,28,31);4-6,8H,7H2,1-3H3,(H,26,27,30);4-5,7H,6H2,1-3H3,(H,27,28,31). The first-order valence-electron chi connectivity index (χ1n) is 41.0. The van der Waals surface area contributed by atoms with Crippen molar-refractivity contribution in [3.63, 3.8) is 0 Å². The van der Waals surface area contributed by atoms with Gasteiger partial charge < -0.3 is 53.1 Å². The largest absolute Gasteiger partial charge is 0.573 e. The van der Waals surface area contributed by atoms with E-state index in [-0.39, 0.29) is 124 Å². The van der Waals surface area contributed by atoms with Crippen LogP contribution in [0.4, 0.5) is 68.8 Å². The van der Waals surface area contributed by atoms with Gasteiger partial charge in [-0.1, -0.05) is 60.3 Å². The lowest BCUT2D eigenvalue weighted by Crippen LogP contribution is -2.36. The van der Waals surface area contributed by atoms with Crippen LogP contribution in [0.25, 0.3) is 89.4 Å². The van der Waals surface area contributed by atoms with Crippen LogP contribution in [0.5, 0.6) is 17.2 Å². The molecule has 0 saturated heterocycles. The summed E-state index contributed by atoms with van der Waals surface area (Å²) in [5.41, 5.74) is -2.25. The number of amides is 4. The lowest BCUT2D eigenvalue weighted by atomic mass is 10.1. The number of halogens is 15. The van der Waals surface area contributed by atoms with E-state index >= 15 is 0 Å². The van der Waals surface area contributed by atoms with E-state index in [1.165, 1.54) is 124 Å². The van der Waals surface area contributed by atoms with Crippen LogP contribution in [0, 0.1) is 45.2 Å². The minimum atomic E-state index is -5.06. The number of thiazole rings is 4. The number of ether oxygens (including phenoxy) is 3. The molecule has 0 fully saturated rings. The number of aromatic nitrogens is 12. The molecule has 0 spiro atoms. The first kappa shape index (κ1) is 105. The lowest BCUT2D eigenvalue weighted by Gasteiger charge is -2.12.